The average molecular weight is 641 g/mol. The van der Waals surface area contributed by atoms with Crippen molar-refractivity contribution in [2.75, 3.05) is 0 Å². The molecular formula is C42H40O6. The van der Waals surface area contributed by atoms with Gasteiger partial charge in [0, 0.05) is 11.1 Å². The third-order valence-electron chi connectivity index (χ3n) is 8.67. The summed E-state index contributed by atoms with van der Waals surface area (Å²) in [6, 6.07) is 47.4. The molecule has 0 amide bonds. The predicted molar refractivity (Wildman–Crippen MR) is 184 cm³/mol. The fourth-order valence-electron chi connectivity index (χ4n) is 6.20. The standard InChI is InChI=1S/C42H40O6/c1-30-39(45-27-31-17-7-2-8-18-31)41(46-28-32-19-9-3-10-20-32)42(47-29-33-21-11-4-12-22-33)40(48-30)36(37(43)34-23-13-5-14-24-34)38(44)35-25-15-6-16-26-35/h2-26,30,36,39-42H,27-29H2,1H3/t30-,39+,40-,41+,42+/m0/s1. The van der Waals surface area contributed by atoms with Gasteiger partial charge in [-0.1, -0.05) is 152 Å². The second-order valence-corrected chi connectivity index (χ2v) is 12.0. The molecule has 5 aromatic rings. The molecule has 0 saturated carbocycles. The van der Waals surface area contributed by atoms with Gasteiger partial charge >= 0.3 is 0 Å². The van der Waals surface area contributed by atoms with E-state index in [1.54, 1.807) is 48.5 Å². The van der Waals surface area contributed by atoms with Gasteiger partial charge in [0.15, 0.2) is 11.6 Å². The molecule has 1 heterocycles. The van der Waals surface area contributed by atoms with Crippen molar-refractivity contribution in [1.82, 2.24) is 0 Å². The zero-order valence-electron chi connectivity index (χ0n) is 27.0. The summed E-state index contributed by atoms with van der Waals surface area (Å²) in [4.78, 5) is 28.9. The Hall–Kier alpha value is -4.72. The quantitative estimate of drug-likeness (QED) is 0.0908. The van der Waals surface area contributed by atoms with Gasteiger partial charge in [-0.05, 0) is 23.6 Å². The highest BCUT2D eigenvalue weighted by molar-refractivity contribution is 6.16. The van der Waals surface area contributed by atoms with E-state index in [9.17, 15) is 9.59 Å². The number of hydrogen-bond acceptors (Lipinski definition) is 6. The first-order chi connectivity index (χ1) is 23.6. The second kappa shape index (κ2) is 16.4. The Morgan fingerprint density at radius 1 is 0.500 bits per heavy atom. The maximum Gasteiger partial charge on any atom is 0.176 e. The molecule has 1 aliphatic rings. The molecule has 5 atom stereocenters. The number of rotatable bonds is 14. The largest absolute Gasteiger partial charge is 0.368 e. The van der Waals surface area contributed by atoms with Crippen molar-refractivity contribution in [2.45, 2.75) is 57.3 Å². The molecule has 6 rings (SSSR count). The van der Waals surface area contributed by atoms with E-state index in [0.717, 1.165) is 16.7 Å². The van der Waals surface area contributed by atoms with E-state index >= 15 is 0 Å². The molecule has 1 aliphatic heterocycles. The van der Waals surface area contributed by atoms with E-state index in [2.05, 4.69) is 0 Å². The van der Waals surface area contributed by atoms with E-state index in [1.807, 2.05) is 110 Å². The summed E-state index contributed by atoms with van der Waals surface area (Å²) in [6.45, 7) is 2.75. The lowest BCUT2D eigenvalue weighted by Gasteiger charge is -2.47. The lowest BCUT2D eigenvalue weighted by atomic mass is 9.79. The molecule has 0 spiro atoms. The van der Waals surface area contributed by atoms with Crippen molar-refractivity contribution in [3.05, 3.63) is 179 Å². The smallest absolute Gasteiger partial charge is 0.176 e. The molecule has 48 heavy (non-hydrogen) atoms. The summed E-state index contributed by atoms with van der Waals surface area (Å²) in [6.07, 6.45) is -3.59. The van der Waals surface area contributed by atoms with Gasteiger partial charge < -0.3 is 18.9 Å². The van der Waals surface area contributed by atoms with Crippen molar-refractivity contribution in [3.8, 4) is 0 Å². The summed E-state index contributed by atoms with van der Waals surface area (Å²) in [5.41, 5.74) is 3.78. The third-order valence-corrected chi connectivity index (χ3v) is 8.67. The monoisotopic (exact) mass is 640 g/mol. The van der Waals surface area contributed by atoms with Crippen LogP contribution in [-0.2, 0) is 38.8 Å². The lowest BCUT2D eigenvalue weighted by Crippen LogP contribution is -2.62. The zero-order chi connectivity index (χ0) is 33.1. The predicted octanol–water partition coefficient (Wildman–Crippen LogP) is 7.91. The van der Waals surface area contributed by atoms with E-state index < -0.39 is 36.4 Å². The number of ketones is 2. The summed E-state index contributed by atoms with van der Waals surface area (Å²) in [5.74, 6) is -1.86. The molecule has 0 N–H and O–H groups in total. The Bertz CT molecular complexity index is 1660. The Kier molecular flexibility index (Phi) is 11.3. The fraction of sp³-hybridized carbons (Fsp3) is 0.238. The van der Waals surface area contributed by atoms with Gasteiger partial charge in [0.05, 0.1) is 25.9 Å². The van der Waals surface area contributed by atoms with E-state index in [4.69, 9.17) is 18.9 Å². The first kappa shape index (κ1) is 33.2. The van der Waals surface area contributed by atoms with Gasteiger partial charge in [-0.2, -0.15) is 0 Å². The van der Waals surface area contributed by atoms with Crippen molar-refractivity contribution in [3.63, 3.8) is 0 Å². The van der Waals surface area contributed by atoms with Crippen LogP contribution in [0, 0.1) is 5.92 Å². The number of ether oxygens (including phenoxy) is 4. The number of carbonyl (C=O) groups excluding carboxylic acids is 2. The van der Waals surface area contributed by atoms with Crippen molar-refractivity contribution in [2.24, 2.45) is 5.92 Å². The van der Waals surface area contributed by atoms with Crippen LogP contribution in [-0.4, -0.2) is 42.1 Å². The molecule has 0 radical (unpaired) electrons. The summed E-state index contributed by atoms with van der Waals surface area (Å²) in [5, 5.41) is 0. The van der Waals surface area contributed by atoms with Crippen LogP contribution in [0.15, 0.2) is 152 Å². The van der Waals surface area contributed by atoms with Gasteiger partial charge in [0.2, 0.25) is 0 Å². The first-order valence-corrected chi connectivity index (χ1v) is 16.4. The lowest BCUT2D eigenvalue weighted by molar-refractivity contribution is -0.264. The highest BCUT2D eigenvalue weighted by Crippen LogP contribution is 2.36. The maximum atomic E-state index is 14.4. The van der Waals surface area contributed by atoms with Gasteiger partial charge in [0.1, 0.15) is 30.3 Å². The van der Waals surface area contributed by atoms with Crippen LogP contribution in [0.2, 0.25) is 0 Å². The van der Waals surface area contributed by atoms with E-state index in [1.165, 1.54) is 0 Å². The Labute approximate surface area is 282 Å². The minimum absolute atomic E-state index is 0.224. The highest BCUT2D eigenvalue weighted by Gasteiger charge is 2.52. The van der Waals surface area contributed by atoms with Crippen LogP contribution in [0.4, 0.5) is 0 Å². The second-order valence-electron chi connectivity index (χ2n) is 12.0. The molecule has 5 aromatic carbocycles. The van der Waals surface area contributed by atoms with Gasteiger partial charge in [-0.15, -0.1) is 0 Å². The molecule has 0 bridgehead atoms. The highest BCUT2D eigenvalue weighted by atomic mass is 16.6. The maximum absolute atomic E-state index is 14.4. The minimum Gasteiger partial charge on any atom is -0.368 e. The summed E-state index contributed by atoms with van der Waals surface area (Å²) >= 11 is 0. The van der Waals surface area contributed by atoms with Crippen LogP contribution in [0.25, 0.3) is 0 Å². The molecule has 0 unspecified atom stereocenters. The average Bonchev–Trinajstić information content (AvgIpc) is 3.15. The fourth-order valence-corrected chi connectivity index (χ4v) is 6.20. The molecule has 6 nitrogen and oxygen atoms in total. The first-order valence-electron chi connectivity index (χ1n) is 16.4. The van der Waals surface area contributed by atoms with Crippen molar-refractivity contribution < 1.29 is 28.5 Å². The van der Waals surface area contributed by atoms with Crippen LogP contribution in [0.5, 0.6) is 0 Å². The minimum atomic E-state index is -1.20. The molecule has 0 aliphatic carbocycles. The SMILES string of the molecule is C[C@@H]1O[C@@H](C(C(=O)c2ccccc2)C(=O)c2ccccc2)[C@@H](OCc2ccccc2)[C@H](OCc2ccccc2)[C@@H]1OCc1ccccc1. The van der Waals surface area contributed by atoms with Crippen LogP contribution >= 0.6 is 0 Å². The summed E-state index contributed by atoms with van der Waals surface area (Å²) in [7, 11) is 0. The molecular weight excluding hydrogens is 600 g/mol. The zero-order valence-corrected chi connectivity index (χ0v) is 27.0. The normalized spacial score (nSPS) is 20.8. The van der Waals surface area contributed by atoms with Crippen LogP contribution in [0.1, 0.15) is 44.3 Å². The van der Waals surface area contributed by atoms with E-state index in [0.29, 0.717) is 17.7 Å². The number of Topliss-reactive ketones (excluding diaryl/α,β-unsaturated/α-hetero) is 2. The number of carbonyl (C=O) groups is 2. The van der Waals surface area contributed by atoms with E-state index in [-0.39, 0.29) is 24.8 Å². The topological polar surface area (TPSA) is 71.1 Å². The van der Waals surface area contributed by atoms with Gasteiger partial charge in [-0.3, -0.25) is 9.59 Å². The van der Waals surface area contributed by atoms with Crippen molar-refractivity contribution in [1.29, 1.82) is 0 Å². The molecule has 244 valence electrons. The van der Waals surface area contributed by atoms with Crippen LogP contribution < -0.4 is 0 Å². The van der Waals surface area contributed by atoms with Crippen molar-refractivity contribution >= 4 is 11.6 Å². The summed E-state index contributed by atoms with van der Waals surface area (Å²) < 4.78 is 26.8. The van der Waals surface area contributed by atoms with Gasteiger partial charge in [-0.25, -0.2) is 0 Å². The van der Waals surface area contributed by atoms with Crippen LogP contribution in [0.3, 0.4) is 0 Å². The molecule has 0 aromatic heterocycles. The number of hydrogen-bond donors (Lipinski definition) is 0. The van der Waals surface area contributed by atoms with Gasteiger partial charge in [0.25, 0.3) is 0 Å². The molecule has 6 heteroatoms. The Morgan fingerprint density at radius 3 is 1.23 bits per heavy atom. The Morgan fingerprint density at radius 2 is 0.833 bits per heavy atom. The molecule has 1 saturated heterocycles. The molecule has 1 fully saturated rings. The number of benzene rings is 5. The Balaban J connectivity index is 1.41. The third kappa shape index (κ3) is 8.22.